The van der Waals surface area contributed by atoms with Crippen molar-refractivity contribution in [2.24, 2.45) is 0 Å². The largest absolute Gasteiger partial charge is 0.369 e. The van der Waals surface area contributed by atoms with E-state index in [1.807, 2.05) is 11.8 Å². The monoisotopic (exact) mass is 296 g/mol. The molecule has 1 amide bonds. The fraction of sp³-hybridized carbons (Fsp3) is 0.643. The first kappa shape index (κ1) is 16.8. The van der Waals surface area contributed by atoms with E-state index in [4.69, 9.17) is 0 Å². The number of carbonyl (C=O) groups excluding carboxylic acids is 1. The molecule has 0 fully saturated rings. The minimum absolute atomic E-state index is 0.149. The predicted octanol–water partition coefficient (Wildman–Crippen LogP) is 2.56. The van der Waals surface area contributed by atoms with Crippen molar-refractivity contribution < 1.29 is 4.79 Å². The molecule has 1 aromatic heterocycles. The molecule has 0 unspecified atom stereocenters. The number of unbranched alkanes of at least 4 members (excludes halogenated alkanes) is 2. The maximum Gasteiger partial charge on any atom is 0.271 e. The van der Waals surface area contributed by atoms with Crippen LogP contribution >= 0.6 is 11.8 Å². The second-order valence-corrected chi connectivity index (χ2v) is 5.51. The van der Waals surface area contributed by atoms with E-state index in [9.17, 15) is 4.79 Å². The fourth-order valence-corrected chi connectivity index (χ4v) is 2.12. The minimum atomic E-state index is -0.149. The SMILES string of the molecule is CCCNc1cnc(C(=O)NCCCCCSC)cn1. The summed E-state index contributed by atoms with van der Waals surface area (Å²) in [6.45, 7) is 3.64. The lowest BCUT2D eigenvalue weighted by atomic mass is 10.2. The molecule has 1 aromatic rings. The number of hydrogen-bond acceptors (Lipinski definition) is 5. The zero-order chi connectivity index (χ0) is 14.6. The van der Waals surface area contributed by atoms with Gasteiger partial charge in [0, 0.05) is 13.1 Å². The van der Waals surface area contributed by atoms with Crippen molar-refractivity contribution in [1.29, 1.82) is 0 Å². The van der Waals surface area contributed by atoms with E-state index in [2.05, 4.69) is 33.8 Å². The average molecular weight is 296 g/mol. The molecule has 0 aliphatic heterocycles. The molecule has 6 heteroatoms. The van der Waals surface area contributed by atoms with Crippen molar-refractivity contribution >= 4 is 23.5 Å². The van der Waals surface area contributed by atoms with Gasteiger partial charge < -0.3 is 10.6 Å². The van der Waals surface area contributed by atoms with Crippen LogP contribution in [-0.2, 0) is 0 Å². The summed E-state index contributed by atoms with van der Waals surface area (Å²) in [7, 11) is 0. The highest BCUT2D eigenvalue weighted by Crippen LogP contribution is 2.03. The second-order valence-electron chi connectivity index (χ2n) is 4.52. The van der Waals surface area contributed by atoms with Crippen LogP contribution in [-0.4, -0.2) is 41.0 Å². The van der Waals surface area contributed by atoms with Crippen LogP contribution in [0.2, 0.25) is 0 Å². The predicted molar refractivity (Wildman–Crippen MR) is 85.4 cm³/mol. The van der Waals surface area contributed by atoms with Gasteiger partial charge in [-0.2, -0.15) is 11.8 Å². The molecule has 112 valence electrons. The van der Waals surface area contributed by atoms with Crippen molar-refractivity contribution in [1.82, 2.24) is 15.3 Å². The highest BCUT2D eigenvalue weighted by molar-refractivity contribution is 7.98. The Labute approximate surface area is 125 Å². The molecule has 2 N–H and O–H groups in total. The Morgan fingerprint density at radius 3 is 2.70 bits per heavy atom. The summed E-state index contributed by atoms with van der Waals surface area (Å²) in [5.41, 5.74) is 0.371. The summed E-state index contributed by atoms with van der Waals surface area (Å²) >= 11 is 1.86. The van der Waals surface area contributed by atoms with Gasteiger partial charge in [-0.1, -0.05) is 13.3 Å². The lowest BCUT2D eigenvalue weighted by Gasteiger charge is -2.06. The Morgan fingerprint density at radius 1 is 1.20 bits per heavy atom. The van der Waals surface area contributed by atoms with Gasteiger partial charge in [0.05, 0.1) is 12.4 Å². The van der Waals surface area contributed by atoms with E-state index in [0.717, 1.165) is 25.8 Å². The first-order chi connectivity index (χ1) is 9.77. The summed E-state index contributed by atoms with van der Waals surface area (Å²) in [5.74, 6) is 1.75. The topological polar surface area (TPSA) is 66.9 Å². The van der Waals surface area contributed by atoms with Gasteiger partial charge in [-0.05, 0) is 31.3 Å². The molecule has 0 saturated heterocycles. The summed E-state index contributed by atoms with van der Waals surface area (Å²) in [6.07, 6.45) is 9.61. The van der Waals surface area contributed by atoms with E-state index in [1.54, 1.807) is 6.20 Å². The Bertz CT molecular complexity index is 383. The number of thioether (sulfide) groups is 1. The molecule has 0 spiro atoms. The number of nitrogens with zero attached hydrogens (tertiary/aromatic N) is 2. The van der Waals surface area contributed by atoms with Crippen LogP contribution in [0.1, 0.15) is 43.1 Å². The lowest BCUT2D eigenvalue weighted by Crippen LogP contribution is -2.25. The van der Waals surface area contributed by atoms with E-state index in [-0.39, 0.29) is 5.91 Å². The highest BCUT2D eigenvalue weighted by atomic mass is 32.2. The highest BCUT2D eigenvalue weighted by Gasteiger charge is 2.06. The zero-order valence-corrected chi connectivity index (χ0v) is 13.1. The van der Waals surface area contributed by atoms with Gasteiger partial charge in [0.1, 0.15) is 11.5 Å². The standard InChI is InChI=1S/C14H24N4OS/c1-3-7-15-13-11-17-12(10-18-13)14(19)16-8-5-4-6-9-20-2/h10-11H,3-9H2,1-2H3,(H,15,18)(H,16,19). The molecule has 0 atom stereocenters. The molecular formula is C14H24N4OS. The van der Waals surface area contributed by atoms with E-state index < -0.39 is 0 Å². The normalized spacial score (nSPS) is 10.3. The van der Waals surface area contributed by atoms with Crippen molar-refractivity contribution in [3.05, 3.63) is 18.1 Å². The van der Waals surface area contributed by atoms with Crippen LogP contribution in [0.25, 0.3) is 0 Å². The number of aromatic nitrogens is 2. The van der Waals surface area contributed by atoms with Gasteiger partial charge in [-0.3, -0.25) is 4.79 Å². The van der Waals surface area contributed by atoms with Crippen LogP contribution in [0.3, 0.4) is 0 Å². The van der Waals surface area contributed by atoms with Gasteiger partial charge in [0.2, 0.25) is 0 Å². The Morgan fingerprint density at radius 2 is 2.05 bits per heavy atom. The molecule has 0 radical (unpaired) electrons. The first-order valence-corrected chi connectivity index (χ1v) is 8.50. The molecule has 5 nitrogen and oxygen atoms in total. The third kappa shape index (κ3) is 6.75. The summed E-state index contributed by atoms with van der Waals surface area (Å²) < 4.78 is 0. The molecule has 1 rings (SSSR count). The number of amides is 1. The molecule has 0 aliphatic rings. The van der Waals surface area contributed by atoms with Crippen molar-refractivity contribution in [3.8, 4) is 0 Å². The molecule has 1 heterocycles. The Hall–Kier alpha value is -1.30. The molecular weight excluding hydrogens is 272 g/mol. The maximum absolute atomic E-state index is 11.8. The number of nitrogens with one attached hydrogen (secondary N) is 2. The van der Waals surface area contributed by atoms with Crippen LogP contribution in [0.15, 0.2) is 12.4 Å². The molecule has 20 heavy (non-hydrogen) atoms. The van der Waals surface area contributed by atoms with Crippen molar-refractivity contribution in [3.63, 3.8) is 0 Å². The van der Waals surface area contributed by atoms with E-state index >= 15 is 0 Å². The molecule has 0 aliphatic carbocycles. The molecule has 0 saturated carbocycles. The Kier molecular flexibility index (Phi) is 8.78. The number of carbonyl (C=O) groups is 1. The zero-order valence-electron chi connectivity index (χ0n) is 12.3. The van der Waals surface area contributed by atoms with Crippen LogP contribution in [0, 0.1) is 0 Å². The fourth-order valence-electron chi connectivity index (χ4n) is 1.63. The summed E-state index contributed by atoms with van der Waals surface area (Å²) in [6, 6.07) is 0. The van der Waals surface area contributed by atoms with Crippen molar-refractivity contribution in [2.45, 2.75) is 32.6 Å². The van der Waals surface area contributed by atoms with E-state index in [1.165, 1.54) is 18.4 Å². The smallest absolute Gasteiger partial charge is 0.271 e. The van der Waals surface area contributed by atoms with Gasteiger partial charge in [0.15, 0.2) is 0 Å². The van der Waals surface area contributed by atoms with Crippen LogP contribution in [0.4, 0.5) is 5.82 Å². The third-order valence-corrected chi connectivity index (χ3v) is 3.45. The summed E-state index contributed by atoms with van der Waals surface area (Å²) in [5, 5.41) is 5.99. The second kappa shape index (κ2) is 10.5. The van der Waals surface area contributed by atoms with Crippen LogP contribution < -0.4 is 10.6 Å². The molecule has 0 bridgehead atoms. The lowest BCUT2D eigenvalue weighted by molar-refractivity contribution is 0.0947. The van der Waals surface area contributed by atoms with Gasteiger partial charge >= 0.3 is 0 Å². The van der Waals surface area contributed by atoms with Gasteiger partial charge in [0.25, 0.3) is 5.91 Å². The van der Waals surface area contributed by atoms with E-state index in [0.29, 0.717) is 18.1 Å². The minimum Gasteiger partial charge on any atom is -0.369 e. The first-order valence-electron chi connectivity index (χ1n) is 7.11. The van der Waals surface area contributed by atoms with Crippen molar-refractivity contribution in [2.75, 3.05) is 30.4 Å². The Balaban J connectivity index is 2.25. The maximum atomic E-state index is 11.8. The quantitative estimate of drug-likeness (QED) is 0.650. The number of rotatable bonds is 10. The third-order valence-electron chi connectivity index (χ3n) is 2.75. The van der Waals surface area contributed by atoms with Crippen LogP contribution in [0.5, 0.6) is 0 Å². The summed E-state index contributed by atoms with van der Waals surface area (Å²) in [4.78, 5) is 20.1. The van der Waals surface area contributed by atoms with Gasteiger partial charge in [-0.25, -0.2) is 9.97 Å². The van der Waals surface area contributed by atoms with Gasteiger partial charge in [-0.15, -0.1) is 0 Å². The number of hydrogen-bond donors (Lipinski definition) is 2. The number of anilines is 1. The average Bonchev–Trinajstić information content (AvgIpc) is 2.49. The molecule has 0 aromatic carbocycles.